The summed E-state index contributed by atoms with van der Waals surface area (Å²) in [5.41, 5.74) is 0.383. The maximum atomic E-state index is 11.7. The van der Waals surface area contributed by atoms with Crippen LogP contribution in [-0.4, -0.2) is 30.3 Å². The fraction of sp³-hybridized carbons (Fsp3) is 0.333. The minimum Gasteiger partial charge on any atom is -0.362 e. The Morgan fingerprint density at radius 2 is 2.18 bits per heavy atom. The summed E-state index contributed by atoms with van der Waals surface area (Å²) in [5, 5.41) is 2.34. The number of rotatable bonds is 4. The van der Waals surface area contributed by atoms with Crippen LogP contribution in [0, 0.1) is 0 Å². The Hall–Kier alpha value is -1.15. The molecular weight excluding hydrogens is 305 g/mol. The average molecular weight is 313 g/mol. The van der Waals surface area contributed by atoms with Crippen molar-refractivity contribution in [1.82, 2.24) is 4.98 Å². The minimum absolute atomic E-state index is 0.383. The number of ether oxygens (including phenoxy) is 1. The van der Waals surface area contributed by atoms with E-state index in [4.69, 9.17) is 0 Å². The maximum absolute atomic E-state index is 11.7. The molecule has 1 aromatic heterocycles. The van der Waals surface area contributed by atoms with Crippen molar-refractivity contribution in [2.75, 3.05) is 18.5 Å². The van der Waals surface area contributed by atoms with Crippen LogP contribution in [0.1, 0.15) is 0 Å². The number of carbonyl (C=O) groups is 1. The standard InChI is InChI=1S/C9H8BrF3N2O2/c10-7-2-1-6(3-14-7)15-8(16)4-17-5-9(11,12)13/h1-3H,4-5H2,(H,15,16). The fourth-order valence-corrected chi connectivity index (χ4v) is 1.14. The number of amides is 1. The molecule has 0 bridgehead atoms. The number of alkyl halides is 3. The van der Waals surface area contributed by atoms with Crippen LogP contribution < -0.4 is 5.32 Å². The van der Waals surface area contributed by atoms with Gasteiger partial charge in [-0.15, -0.1) is 0 Å². The van der Waals surface area contributed by atoms with Crippen molar-refractivity contribution in [2.45, 2.75) is 6.18 Å². The Kier molecular flexibility index (Phi) is 4.88. The third kappa shape index (κ3) is 6.22. The number of anilines is 1. The van der Waals surface area contributed by atoms with E-state index in [1.165, 1.54) is 6.20 Å². The van der Waals surface area contributed by atoms with Crippen molar-refractivity contribution >= 4 is 27.5 Å². The Labute approximate surface area is 103 Å². The SMILES string of the molecule is O=C(COCC(F)(F)F)Nc1ccc(Br)nc1. The topological polar surface area (TPSA) is 51.2 Å². The fourth-order valence-electron chi connectivity index (χ4n) is 0.906. The van der Waals surface area contributed by atoms with Gasteiger partial charge in [0.05, 0.1) is 11.9 Å². The Balaban J connectivity index is 2.32. The first-order chi connectivity index (χ1) is 7.87. The molecule has 1 amide bonds. The van der Waals surface area contributed by atoms with E-state index >= 15 is 0 Å². The van der Waals surface area contributed by atoms with Crippen LogP contribution >= 0.6 is 15.9 Å². The van der Waals surface area contributed by atoms with E-state index in [-0.39, 0.29) is 0 Å². The van der Waals surface area contributed by atoms with Crippen molar-refractivity contribution in [3.63, 3.8) is 0 Å². The van der Waals surface area contributed by atoms with Gasteiger partial charge < -0.3 is 10.1 Å². The van der Waals surface area contributed by atoms with Gasteiger partial charge in [0.2, 0.25) is 5.91 Å². The van der Waals surface area contributed by atoms with E-state index < -0.39 is 25.3 Å². The van der Waals surface area contributed by atoms with Crippen LogP contribution in [0.2, 0.25) is 0 Å². The summed E-state index contributed by atoms with van der Waals surface area (Å²) >= 11 is 3.10. The van der Waals surface area contributed by atoms with Crippen LogP contribution in [0.25, 0.3) is 0 Å². The number of carbonyl (C=O) groups excluding carboxylic acids is 1. The van der Waals surface area contributed by atoms with Gasteiger partial charge in [0, 0.05) is 0 Å². The van der Waals surface area contributed by atoms with Crippen molar-refractivity contribution in [3.8, 4) is 0 Å². The molecule has 0 aliphatic carbocycles. The molecular formula is C9H8BrF3N2O2. The molecule has 8 heteroatoms. The van der Waals surface area contributed by atoms with Crippen LogP contribution in [0.4, 0.5) is 18.9 Å². The van der Waals surface area contributed by atoms with Gasteiger partial charge in [0.25, 0.3) is 0 Å². The third-order valence-electron chi connectivity index (χ3n) is 1.51. The lowest BCUT2D eigenvalue weighted by Crippen LogP contribution is -2.24. The first-order valence-electron chi connectivity index (χ1n) is 4.43. The van der Waals surface area contributed by atoms with Crippen molar-refractivity contribution in [3.05, 3.63) is 22.9 Å². The number of nitrogens with one attached hydrogen (secondary N) is 1. The van der Waals surface area contributed by atoms with Crippen molar-refractivity contribution in [1.29, 1.82) is 0 Å². The molecule has 0 saturated heterocycles. The molecule has 0 radical (unpaired) electrons. The van der Waals surface area contributed by atoms with E-state index in [0.29, 0.717) is 10.3 Å². The van der Waals surface area contributed by atoms with Gasteiger partial charge in [-0.05, 0) is 28.1 Å². The molecule has 0 spiro atoms. The van der Waals surface area contributed by atoms with E-state index in [0.717, 1.165) is 0 Å². The normalized spacial score (nSPS) is 11.3. The average Bonchev–Trinajstić information content (AvgIpc) is 2.19. The number of pyridine rings is 1. The molecule has 1 heterocycles. The van der Waals surface area contributed by atoms with E-state index in [1.54, 1.807) is 12.1 Å². The van der Waals surface area contributed by atoms with E-state index in [1.807, 2.05) is 0 Å². The van der Waals surface area contributed by atoms with Crippen molar-refractivity contribution in [2.24, 2.45) is 0 Å². The molecule has 0 saturated carbocycles. The lowest BCUT2D eigenvalue weighted by Gasteiger charge is -2.08. The number of aromatic nitrogens is 1. The third-order valence-corrected chi connectivity index (χ3v) is 1.98. The minimum atomic E-state index is -4.43. The summed E-state index contributed by atoms with van der Waals surface area (Å²) in [6.45, 7) is -2.10. The molecule has 4 nitrogen and oxygen atoms in total. The van der Waals surface area contributed by atoms with Gasteiger partial charge in [-0.3, -0.25) is 4.79 Å². The Bertz CT molecular complexity index is 381. The van der Waals surface area contributed by atoms with Crippen LogP contribution in [-0.2, 0) is 9.53 Å². The number of hydrogen-bond donors (Lipinski definition) is 1. The van der Waals surface area contributed by atoms with Gasteiger partial charge in [-0.25, -0.2) is 4.98 Å². The number of nitrogens with zero attached hydrogens (tertiary/aromatic N) is 1. The van der Waals surface area contributed by atoms with Crippen LogP contribution in [0.3, 0.4) is 0 Å². The van der Waals surface area contributed by atoms with Gasteiger partial charge in [0.15, 0.2) is 0 Å². The zero-order chi connectivity index (χ0) is 12.9. The molecule has 1 rings (SSSR count). The zero-order valence-electron chi connectivity index (χ0n) is 8.42. The summed E-state index contributed by atoms with van der Waals surface area (Å²) in [6, 6.07) is 3.14. The number of hydrogen-bond acceptors (Lipinski definition) is 3. The summed E-state index contributed by atoms with van der Waals surface area (Å²) in [5.74, 6) is -0.668. The second-order valence-electron chi connectivity index (χ2n) is 3.03. The van der Waals surface area contributed by atoms with Crippen LogP contribution in [0.15, 0.2) is 22.9 Å². The highest BCUT2D eigenvalue weighted by molar-refractivity contribution is 9.10. The molecule has 0 aromatic carbocycles. The highest BCUT2D eigenvalue weighted by atomic mass is 79.9. The Morgan fingerprint density at radius 3 is 2.71 bits per heavy atom. The smallest absolute Gasteiger partial charge is 0.362 e. The Morgan fingerprint density at radius 1 is 1.47 bits per heavy atom. The zero-order valence-corrected chi connectivity index (χ0v) is 10.0. The lowest BCUT2D eigenvalue weighted by molar-refractivity contribution is -0.174. The number of halogens is 4. The molecule has 17 heavy (non-hydrogen) atoms. The first-order valence-corrected chi connectivity index (χ1v) is 5.22. The predicted octanol–water partition coefficient (Wildman–Crippen LogP) is 2.36. The highest BCUT2D eigenvalue weighted by Gasteiger charge is 2.27. The summed E-state index contributed by atoms with van der Waals surface area (Å²) in [4.78, 5) is 15.0. The lowest BCUT2D eigenvalue weighted by atomic mass is 10.4. The van der Waals surface area contributed by atoms with E-state index in [2.05, 4.69) is 31.0 Å². The molecule has 0 atom stereocenters. The van der Waals surface area contributed by atoms with Gasteiger partial charge >= 0.3 is 6.18 Å². The molecule has 1 aromatic rings. The largest absolute Gasteiger partial charge is 0.411 e. The molecule has 1 N–H and O–H groups in total. The highest BCUT2D eigenvalue weighted by Crippen LogP contribution is 2.14. The first kappa shape index (κ1) is 13.9. The summed E-state index contributed by atoms with van der Waals surface area (Å²) in [7, 11) is 0. The molecule has 0 aliphatic heterocycles. The monoisotopic (exact) mass is 312 g/mol. The molecule has 94 valence electrons. The second kappa shape index (κ2) is 5.97. The molecule has 0 aliphatic rings. The summed E-state index contributed by atoms with van der Waals surface area (Å²) < 4.78 is 39.9. The van der Waals surface area contributed by atoms with Crippen LogP contribution in [0.5, 0.6) is 0 Å². The van der Waals surface area contributed by atoms with Gasteiger partial charge in [0.1, 0.15) is 17.8 Å². The van der Waals surface area contributed by atoms with E-state index in [9.17, 15) is 18.0 Å². The second-order valence-corrected chi connectivity index (χ2v) is 3.84. The predicted molar refractivity (Wildman–Crippen MR) is 57.4 cm³/mol. The quantitative estimate of drug-likeness (QED) is 0.868. The van der Waals surface area contributed by atoms with Gasteiger partial charge in [-0.1, -0.05) is 0 Å². The maximum Gasteiger partial charge on any atom is 0.411 e. The molecule has 0 fully saturated rings. The summed E-state index contributed by atoms with van der Waals surface area (Å²) in [6.07, 6.45) is -3.06. The van der Waals surface area contributed by atoms with Gasteiger partial charge in [-0.2, -0.15) is 13.2 Å². The van der Waals surface area contributed by atoms with Crippen molar-refractivity contribution < 1.29 is 22.7 Å². The molecule has 0 unspecified atom stereocenters.